The Labute approximate surface area is 157 Å². The van der Waals surface area contributed by atoms with E-state index < -0.39 is 0 Å². The van der Waals surface area contributed by atoms with Crippen molar-refractivity contribution in [3.8, 4) is 0 Å². The van der Waals surface area contributed by atoms with Crippen molar-refractivity contribution in [1.82, 2.24) is 15.5 Å². The van der Waals surface area contributed by atoms with Gasteiger partial charge in [0.1, 0.15) is 0 Å². The molecule has 130 valence electrons. The highest BCUT2D eigenvalue weighted by atomic mass is 127. The summed E-state index contributed by atoms with van der Waals surface area (Å²) in [6.45, 7) is 5.65. The molecule has 0 aliphatic rings. The first-order valence-electron chi connectivity index (χ1n) is 7.65. The third kappa shape index (κ3) is 8.20. The first kappa shape index (κ1) is 21.7. The van der Waals surface area contributed by atoms with Crippen molar-refractivity contribution in [1.29, 1.82) is 0 Å². The quantitative estimate of drug-likeness (QED) is 0.412. The predicted octanol–water partition coefficient (Wildman–Crippen LogP) is 2.36. The Morgan fingerprint density at radius 2 is 1.83 bits per heavy atom. The van der Waals surface area contributed by atoms with Gasteiger partial charge in [-0.15, -0.1) is 24.0 Å². The number of halogens is 1. The zero-order valence-corrected chi connectivity index (χ0v) is 17.0. The molecular weight excluding hydrogens is 403 g/mol. The van der Waals surface area contributed by atoms with E-state index in [0.717, 1.165) is 12.5 Å². The number of nitrogens with one attached hydrogen (secondary N) is 2. The van der Waals surface area contributed by atoms with Crippen LogP contribution in [0, 0.1) is 6.92 Å². The normalized spacial score (nSPS) is 12.1. The minimum absolute atomic E-state index is 0. The molecule has 0 heterocycles. The van der Waals surface area contributed by atoms with E-state index in [-0.39, 0.29) is 29.9 Å². The van der Waals surface area contributed by atoms with E-state index in [1.807, 2.05) is 0 Å². The van der Waals surface area contributed by atoms with Crippen LogP contribution in [0.4, 0.5) is 0 Å². The van der Waals surface area contributed by atoms with Crippen LogP contribution < -0.4 is 10.6 Å². The SMILES string of the molecule is CN=C(NCCC(=O)N(C)C)NCC(C)c1ccc(C)cc1.I. The fourth-order valence-electron chi connectivity index (χ4n) is 1.99. The van der Waals surface area contributed by atoms with Gasteiger partial charge in [-0.3, -0.25) is 9.79 Å². The van der Waals surface area contributed by atoms with Crippen molar-refractivity contribution >= 4 is 35.8 Å². The van der Waals surface area contributed by atoms with Crippen LogP contribution in [0.2, 0.25) is 0 Å². The fourth-order valence-corrected chi connectivity index (χ4v) is 1.99. The lowest BCUT2D eigenvalue weighted by Gasteiger charge is -2.17. The van der Waals surface area contributed by atoms with Gasteiger partial charge in [0.15, 0.2) is 5.96 Å². The van der Waals surface area contributed by atoms with Gasteiger partial charge in [-0.25, -0.2) is 0 Å². The molecule has 1 rings (SSSR count). The number of aliphatic imine (C=N–C) groups is 1. The molecule has 1 amide bonds. The summed E-state index contributed by atoms with van der Waals surface area (Å²) in [6, 6.07) is 8.58. The van der Waals surface area contributed by atoms with E-state index in [4.69, 9.17) is 0 Å². The number of amides is 1. The number of nitrogens with zero attached hydrogens (tertiary/aromatic N) is 2. The number of benzene rings is 1. The molecule has 0 bridgehead atoms. The Hall–Kier alpha value is -1.31. The van der Waals surface area contributed by atoms with Gasteiger partial charge in [0.25, 0.3) is 0 Å². The highest BCUT2D eigenvalue weighted by molar-refractivity contribution is 14.0. The first-order chi connectivity index (χ1) is 10.4. The minimum atomic E-state index is 0. The molecule has 6 heteroatoms. The Morgan fingerprint density at radius 1 is 1.22 bits per heavy atom. The molecule has 0 radical (unpaired) electrons. The molecule has 23 heavy (non-hydrogen) atoms. The predicted molar refractivity (Wildman–Crippen MR) is 108 cm³/mol. The number of carbonyl (C=O) groups is 1. The second-order valence-electron chi connectivity index (χ2n) is 5.73. The average molecular weight is 432 g/mol. The zero-order valence-electron chi connectivity index (χ0n) is 14.7. The maximum atomic E-state index is 11.5. The van der Waals surface area contributed by atoms with Gasteiger partial charge in [-0.1, -0.05) is 36.8 Å². The van der Waals surface area contributed by atoms with E-state index in [2.05, 4.69) is 53.7 Å². The van der Waals surface area contributed by atoms with Crippen molar-refractivity contribution in [3.05, 3.63) is 35.4 Å². The molecule has 0 aliphatic heterocycles. The van der Waals surface area contributed by atoms with E-state index in [9.17, 15) is 4.79 Å². The molecule has 0 saturated heterocycles. The molecule has 5 nitrogen and oxygen atoms in total. The van der Waals surface area contributed by atoms with Crippen molar-refractivity contribution in [2.45, 2.75) is 26.2 Å². The maximum absolute atomic E-state index is 11.5. The largest absolute Gasteiger partial charge is 0.356 e. The van der Waals surface area contributed by atoms with Gasteiger partial charge in [0.05, 0.1) is 0 Å². The van der Waals surface area contributed by atoms with Crippen LogP contribution >= 0.6 is 24.0 Å². The van der Waals surface area contributed by atoms with Crippen LogP contribution in [-0.2, 0) is 4.79 Å². The lowest BCUT2D eigenvalue weighted by Crippen LogP contribution is -2.40. The van der Waals surface area contributed by atoms with Crippen LogP contribution in [0.1, 0.15) is 30.4 Å². The molecule has 0 aromatic heterocycles. The third-order valence-electron chi connectivity index (χ3n) is 3.58. The molecule has 0 aliphatic carbocycles. The molecule has 1 aromatic rings. The summed E-state index contributed by atoms with van der Waals surface area (Å²) in [7, 11) is 5.26. The Morgan fingerprint density at radius 3 is 2.35 bits per heavy atom. The number of hydrogen-bond donors (Lipinski definition) is 2. The number of rotatable bonds is 6. The lowest BCUT2D eigenvalue weighted by atomic mass is 10.0. The summed E-state index contributed by atoms with van der Waals surface area (Å²) in [6.07, 6.45) is 0.460. The first-order valence-corrected chi connectivity index (χ1v) is 7.65. The van der Waals surface area contributed by atoms with Crippen molar-refractivity contribution in [2.24, 2.45) is 4.99 Å². The van der Waals surface area contributed by atoms with E-state index in [1.165, 1.54) is 11.1 Å². The number of carbonyl (C=O) groups excluding carboxylic acids is 1. The maximum Gasteiger partial charge on any atom is 0.223 e. The summed E-state index contributed by atoms with van der Waals surface area (Å²) >= 11 is 0. The van der Waals surface area contributed by atoms with Gasteiger partial charge < -0.3 is 15.5 Å². The standard InChI is InChI=1S/C17H28N4O.HI/c1-13-6-8-15(9-7-13)14(2)12-20-17(18-3)19-11-10-16(22)21(4)5;/h6-9,14H,10-12H2,1-5H3,(H2,18,19,20);1H. The van der Waals surface area contributed by atoms with Gasteiger partial charge in [-0.05, 0) is 18.4 Å². The van der Waals surface area contributed by atoms with E-state index in [1.54, 1.807) is 26.0 Å². The molecule has 0 fully saturated rings. The molecule has 2 N–H and O–H groups in total. The van der Waals surface area contributed by atoms with Crippen molar-refractivity contribution in [2.75, 3.05) is 34.2 Å². The van der Waals surface area contributed by atoms with Gasteiger partial charge >= 0.3 is 0 Å². The minimum Gasteiger partial charge on any atom is -0.356 e. The fraction of sp³-hybridized carbons (Fsp3) is 0.529. The van der Waals surface area contributed by atoms with Gasteiger partial charge in [0.2, 0.25) is 5.91 Å². The number of hydrogen-bond acceptors (Lipinski definition) is 2. The second-order valence-corrected chi connectivity index (χ2v) is 5.73. The highest BCUT2D eigenvalue weighted by Crippen LogP contribution is 2.14. The van der Waals surface area contributed by atoms with Crippen LogP contribution in [-0.4, -0.2) is 51.0 Å². The lowest BCUT2D eigenvalue weighted by molar-refractivity contribution is -0.128. The second kappa shape index (κ2) is 11.3. The zero-order chi connectivity index (χ0) is 16.5. The molecule has 0 spiro atoms. The summed E-state index contributed by atoms with van der Waals surface area (Å²) in [5.74, 6) is 1.23. The monoisotopic (exact) mass is 432 g/mol. The molecular formula is C17H29IN4O. The molecule has 1 atom stereocenters. The molecule has 0 saturated carbocycles. The summed E-state index contributed by atoms with van der Waals surface area (Å²) in [5.41, 5.74) is 2.57. The van der Waals surface area contributed by atoms with E-state index in [0.29, 0.717) is 18.9 Å². The van der Waals surface area contributed by atoms with E-state index >= 15 is 0 Å². The summed E-state index contributed by atoms with van der Waals surface area (Å²) in [5, 5.41) is 6.46. The number of guanidine groups is 1. The van der Waals surface area contributed by atoms with Crippen LogP contribution in [0.25, 0.3) is 0 Å². The van der Waals surface area contributed by atoms with Crippen LogP contribution in [0.5, 0.6) is 0 Å². The molecule has 1 unspecified atom stereocenters. The highest BCUT2D eigenvalue weighted by Gasteiger charge is 2.07. The smallest absolute Gasteiger partial charge is 0.223 e. The average Bonchev–Trinajstić information content (AvgIpc) is 2.50. The number of aryl methyl sites for hydroxylation is 1. The van der Waals surface area contributed by atoms with Crippen LogP contribution in [0.15, 0.2) is 29.3 Å². The van der Waals surface area contributed by atoms with Gasteiger partial charge in [0, 0.05) is 40.7 Å². The third-order valence-corrected chi connectivity index (χ3v) is 3.58. The molecule has 1 aromatic carbocycles. The summed E-state index contributed by atoms with van der Waals surface area (Å²) < 4.78 is 0. The Kier molecular flexibility index (Phi) is 10.6. The van der Waals surface area contributed by atoms with Crippen molar-refractivity contribution < 1.29 is 4.79 Å². The van der Waals surface area contributed by atoms with Gasteiger partial charge in [-0.2, -0.15) is 0 Å². The summed E-state index contributed by atoms with van der Waals surface area (Å²) in [4.78, 5) is 17.3. The Balaban J connectivity index is 0.00000484. The van der Waals surface area contributed by atoms with Crippen LogP contribution in [0.3, 0.4) is 0 Å². The van der Waals surface area contributed by atoms with Crippen molar-refractivity contribution in [3.63, 3.8) is 0 Å². The Bertz CT molecular complexity index is 500. The topological polar surface area (TPSA) is 56.7 Å².